The summed E-state index contributed by atoms with van der Waals surface area (Å²) in [5.41, 5.74) is 9.86. The maximum absolute atomic E-state index is 9.90. The van der Waals surface area contributed by atoms with E-state index in [9.17, 15) is 9.59 Å². The van der Waals surface area contributed by atoms with Gasteiger partial charge in [0.2, 0.25) is 0 Å². The number of carbonyl (C=O) groups is 2. The second-order valence-electron chi connectivity index (χ2n) is 2.35. The molecule has 0 saturated carbocycles. The zero-order valence-electron chi connectivity index (χ0n) is 8.25. The Labute approximate surface area is 92.6 Å². The molecule has 8 heteroatoms. The van der Waals surface area contributed by atoms with E-state index in [0.717, 1.165) is 0 Å². The Hall–Kier alpha value is -1.44. The van der Waals surface area contributed by atoms with Crippen LogP contribution in [0.5, 0.6) is 0 Å². The highest BCUT2D eigenvalue weighted by Gasteiger charge is 2.14. The Balaban J connectivity index is 0. The van der Waals surface area contributed by atoms with E-state index in [4.69, 9.17) is 21.7 Å². The summed E-state index contributed by atoms with van der Waals surface area (Å²) in [6.45, 7) is 2.54. The van der Waals surface area contributed by atoms with Crippen LogP contribution in [0.1, 0.15) is 13.3 Å². The van der Waals surface area contributed by atoms with Gasteiger partial charge in [-0.2, -0.15) is 12.6 Å². The van der Waals surface area contributed by atoms with Crippen LogP contribution in [0.25, 0.3) is 0 Å². The van der Waals surface area contributed by atoms with E-state index < -0.39 is 23.6 Å². The minimum atomic E-state index is -1.21. The van der Waals surface area contributed by atoms with Gasteiger partial charge in [0.1, 0.15) is 5.25 Å². The van der Waals surface area contributed by atoms with Crippen molar-refractivity contribution in [3.05, 3.63) is 0 Å². The number of thiol groups is 1. The third-order valence-corrected chi connectivity index (χ3v) is 1.40. The van der Waals surface area contributed by atoms with Crippen LogP contribution >= 0.6 is 12.6 Å². The summed E-state index contributed by atoms with van der Waals surface area (Å²) < 4.78 is 0. The van der Waals surface area contributed by atoms with Crippen molar-refractivity contribution in [2.45, 2.75) is 18.6 Å². The number of aliphatic imine (C=N–C) groups is 1. The van der Waals surface area contributed by atoms with Gasteiger partial charge in [-0.3, -0.25) is 14.6 Å². The largest absolute Gasteiger partial charge is 0.481 e. The number of hydrogen-bond acceptors (Lipinski definition) is 4. The van der Waals surface area contributed by atoms with Gasteiger partial charge in [-0.25, -0.2) is 0 Å². The number of hydrogen-bond donors (Lipinski definition) is 5. The molecule has 1 unspecified atom stereocenters. The highest BCUT2D eigenvalue weighted by atomic mass is 32.1. The molecule has 0 bridgehead atoms. The molecule has 0 aromatic rings. The lowest BCUT2D eigenvalue weighted by Crippen LogP contribution is -2.22. The van der Waals surface area contributed by atoms with E-state index in [1.165, 1.54) is 0 Å². The standard InChI is InChI=1S/C4H6O4S.C3H9N3/c5-3(6)1-2(9)4(7)8;1-2-6-3(4)5/h2,9H,1H2,(H,5,6)(H,7,8);2H2,1H3,(H4,4,5,6). The van der Waals surface area contributed by atoms with Crippen molar-refractivity contribution in [1.82, 2.24) is 0 Å². The average Bonchev–Trinajstić information content (AvgIpc) is 2.03. The molecule has 0 aromatic heterocycles. The van der Waals surface area contributed by atoms with Crippen molar-refractivity contribution in [3.63, 3.8) is 0 Å². The first kappa shape index (κ1) is 16.0. The van der Waals surface area contributed by atoms with Crippen molar-refractivity contribution in [3.8, 4) is 0 Å². The molecule has 15 heavy (non-hydrogen) atoms. The SMILES string of the molecule is CCN=C(N)N.O=C(O)CC(S)C(=O)O. The maximum atomic E-state index is 9.90. The minimum Gasteiger partial charge on any atom is -0.481 e. The predicted molar refractivity (Wildman–Crippen MR) is 59.0 cm³/mol. The van der Waals surface area contributed by atoms with Crippen molar-refractivity contribution >= 4 is 30.5 Å². The van der Waals surface area contributed by atoms with Crippen LogP contribution in [0.15, 0.2) is 4.99 Å². The van der Waals surface area contributed by atoms with Gasteiger partial charge in [0.05, 0.1) is 6.42 Å². The van der Waals surface area contributed by atoms with Crippen LogP contribution in [0.4, 0.5) is 0 Å². The Morgan fingerprint density at radius 3 is 1.93 bits per heavy atom. The van der Waals surface area contributed by atoms with Crippen LogP contribution < -0.4 is 11.5 Å². The number of nitrogens with zero attached hydrogens (tertiary/aromatic N) is 1. The fourth-order valence-corrected chi connectivity index (χ4v) is 0.591. The number of aliphatic carboxylic acids is 2. The highest BCUT2D eigenvalue weighted by molar-refractivity contribution is 7.81. The van der Waals surface area contributed by atoms with Gasteiger partial charge in [-0.05, 0) is 6.92 Å². The quantitative estimate of drug-likeness (QED) is 0.244. The van der Waals surface area contributed by atoms with E-state index in [1.807, 2.05) is 6.92 Å². The van der Waals surface area contributed by atoms with Crippen LogP contribution in [-0.2, 0) is 9.59 Å². The normalized spacial score (nSPS) is 10.5. The van der Waals surface area contributed by atoms with Crippen molar-refractivity contribution in [1.29, 1.82) is 0 Å². The molecule has 0 aliphatic heterocycles. The van der Waals surface area contributed by atoms with E-state index in [0.29, 0.717) is 6.54 Å². The summed E-state index contributed by atoms with van der Waals surface area (Å²) >= 11 is 3.48. The van der Waals surface area contributed by atoms with Crippen molar-refractivity contribution < 1.29 is 19.8 Å². The molecule has 0 saturated heterocycles. The lowest BCUT2D eigenvalue weighted by atomic mass is 10.3. The Morgan fingerprint density at radius 2 is 1.87 bits per heavy atom. The van der Waals surface area contributed by atoms with E-state index in [-0.39, 0.29) is 5.96 Å². The first-order chi connectivity index (χ1) is 6.81. The van der Waals surface area contributed by atoms with Crippen LogP contribution in [0.3, 0.4) is 0 Å². The Bertz CT molecular complexity index is 240. The lowest BCUT2D eigenvalue weighted by molar-refractivity contribution is -0.142. The number of rotatable bonds is 4. The second-order valence-corrected chi connectivity index (χ2v) is 2.97. The molecule has 0 fully saturated rings. The summed E-state index contributed by atoms with van der Waals surface area (Å²) in [6, 6.07) is 0. The zero-order valence-corrected chi connectivity index (χ0v) is 9.15. The molecular weight excluding hydrogens is 222 g/mol. The molecule has 0 aromatic carbocycles. The monoisotopic (exact) mass is 237 g/mol. The van der Waals surface area contributed by atoms with Gasteiger partial charge in [-0.1, -0.05) is 0 Å². The molecule has 0 aliphatic carbocycles. The van der Waals surface area contributed by atoms with Crippen molar-refractivity contribution in [2.75, 3.05) is 6.54 Å². The highest BCUT2D eigenvalue weighted by Crippen LogP contribution is 1.99. The third-order valence-electron chi connectivity index (χ3n) is 0.994. The second kappa shape index (κ2) is 9.13. The fourth-order valence-electron chi connectivity index (χ4n) is 0.435. The van der Waals surface area contributed by atoms with E-state index >= 15 is 0 Å². The summed E-state index contributed by atoms with van der Waals surface area (Å²) in [5, 5.41) is 15.0. The van der Waals surface area contributed by atoms with Gasteiger partial charge in [0.15, 0.2) is 5.96 Å². The van der Waals surface area contributed by atoms with Gasteiger partial charge in [0, 0.05) is 6.54 Å². The smallest absolute Gasteiger partial charge is 0.316 e. The number of carboxylic acids is 2. The number of guanidine groups is 1. The van der Waals surface area contributed by atoms with Gasteiger partial charge in [-0.15, -0.1) is 0 Å². The van der Waals surface area contributed by atoms with Gasteiger partial charge >= 0.3 is 11.9 Å². The number of nitrogens with two attached hydrogens (primary N) is 2. The predicted octanol–water partition coefficient (Wildman–Crippen LogP) is -0.876. The summed E-state index contributed by atoms with van der Waals surface area (Å²) in [4.78, 5) is 23.3. The zero-order chi connectivity index (χ0) is 12.4. The summed E-state index contributed by atoms with van der Waals surface area (Å²) in [5.74, 6) is -2.20. The van der Waals surface area contributed by atoms with E-state index in [1.54, 1.807) is 0 Å². The molecule has 1 atom stereocenters. The molecule has 0 spiro atoms. The molecule has 0 heterocycles. The van der Waals surface area contributed by atoms with Gasteiger partial charge < -0.3 is 21.7 Å². The summed E-state index contributed by atoms with van der Waals surface area (Å²) in [6.07, 6.45) is -0.446. The van der Waals surface area contributed by atoms with Crippen LogP contribution in [0.2, 0.25) is 0 Å². The Kier molecular flexibility index (Phi) is 9.74. The lowest BCUT2D eigenvalue weighted by Gasteiger charge is -1.97. The Morgan fingerprint density at radius 1 is 1.40 bits per heavy atom. The van der Waals surface area contributed by atoms with Crippen LogP contribution in [0, 0.1) is 0 Å². The average molecular weight is 237 g/mol. The molecule has 88 valence electrons. The molecule has 6 N–H and O–H groups in total. The molecular formula is C7H15N3O4S. The molecule has 0 radical (unpaired) electrons. The topological polar surface area (TPSA) is 139 Å². The van der Waals surface area contributed by atoms with Gasteiger partial charge in [0.25, 0.3) is 0 Å². The minimum absolute atomic E-state index is 0.164. The molecule has 0 amide bonds. The first-order valence-electron chi connectivity index (χ1n) is 3.99. The van der Waals surface area contributed by atoms with Crippen LogP contribution in [-0.4, -0.2) is 39.9 Å². The first-order valence-corrected chi connectivity index (χ1v) is 4.50. The fraction of sp³-hybridized carbons (Fsp3) is 0.571. The molecule has 0 aliphatic rings. The maximum Gasteiger partial charge on any atom is 0.316 e. The molecule has 0 rings (SSSR count). The summed E-state index contributed by atoms with van der Waals surface area (Å²) in [7, 11) is 0. The number of carboxylic acid groups (broad SMARTS) is 2. The molecule has 7 nitrogen and oxygen atoms in total. The van der Waals surface area contributed by atoms with E-state index in [2.05, 4.69) is 17.6 Å². The third kappa shape index (κ3) is 15.3. The van der Waals surface area contributed by atoms with Crippen molar-refractivity contribution in [2.24, 2.45) is 16.5 Å².